The first-order chi connectivity index (χ1) is 6.70. The van der Waals surface area contributed by atoms with Crippen LogP contribution < -0.4 is 5.32 Å². The molecular formula is C10H16N2O2. The van der Waals surface area contributed by atoms with Crippen LogP contribution in [0.25, 0.3) is 0 Å². The Morgan fingerprint density at radius 3 is 3.07 bits per heavy atom. The van der Waals surface area contributed by atoms with Crippen LogP contribution in [-0.4, -0.2) is 29.1 Å². The predicted octanol–water partition coefficient (Wildman–Crippen LogP) is 0.867. The Morgan fingerprint density at radius 2 is 2.50 bits per heavy atom. The molecule has 0 aliphatic heterocycles. The molecule has 14 heavy (non-hydrogen) atoms. The number of nitrogens with one attached hydrogen (secondary N) is 2. The average Bonchev–Trinajstić information content (AvgIpc) is 2.64. The second-order valence-electron chi connectivity index (χ2n) is 3.39. The van der Waals surface area contributed by atoms with E-state index in [0.29, 0.717) is 6.54 Å². The molecule has 1 atom stereocenters. The summed E-state index contributed by atoms with van der Waals surface area (Å²) in [5.41, 5.74) is 1.17. The molecule has 1 aromatic heterocycles. The second kappa shape index (κ2) is 5.44. The molecule has 0 amide bonds. The van der Waals surface area contributed by atoms with Crippen molar-refractivity contribution in [2.75, 3.05) is 13.1 Å². The van der Waals surface area contributed by atoms with Gasteiger partial charge in [-0.25, -0.2) is 0 Å². The summed E-state index contributed by atoms with van der Waals surface area (Å²) in [5, 5.41) is 11.7. The van der Waals surface area contributed by atoms with Gasteiger partial charge in [0.2, 0.25) is 0 Å². The van der Waals surface area contributed by atoms with Gasteiger partial charge >= 0.3 is 5.97 Å². The molecule has 1 aromatic rings. The third-order valence-electron chi connectivity index (χ3n) is 2.11. The number of hydrogen-bond donors (Lipinski definition) is 3. The van der Waals surface area contributed by atoms with Gasteiger partial charge in [-0.2, -0.15) is 0 Å². The van der Waals surface area contributed by atoms with Gasteiger partial charge in [0.15, 0.2) is 0 Å². The van der Waals surface area contributed by atoms with Crippen molar-refractivity contribution >= 4 is 5.97 Å². The molecule has 1 unspecified atom stereocenters. The van der Waals surface area contributed by atoms with Crippen LogP contribution in [0, 0.1) is 5.92 Å². The van der Waals surface area contributed by atoms with E-state index in [4.69, 9.17) is 5.11 Å². The molecule has 4 nitrogen and oxygen atoms in total. The zero-order chi connectivity index (χ0) is 10.4. The number of aromatic nitrogens is 1. The molecule has 4 heteroatoms. The van der Waals surface area contributed by atoms with Crippen molar-refractivity contribution in [1.29, 1.82) is 0 Å². The van der Waals surface area contributed by atoms with E-state index < -0.39 is 5.97 Å². The minimum Gasteiger partial charge on any atom is -0.481 e. The van der Waals surface area contributed by atoms with E-state index in [2.05, 4.69) is 10.3 Å². The first-order valence-electron chi connectivity index (χ1n) is 4.76. The molecule has 1 rings (SSSR count). The van der Waals surface area contributed by atoms with Crippen LogP contribution in [0.3, 0.4) is 0 Å². The number of hydrogen-bond acceptors (Lipinski definition) is 2. The highest BCUT2D eigenvalue weighted by Gasteiger charge is 2.08. The van der Waals surface area contributed by atoms with Crippen molar-refractivity contribution < 1.29 is 9.90 Å². The van der Waals surface area contributed by atoms with Gasteiger partial charge in [-0.1, -0.05) is 6.92 Å². The highest BCUT2D eigenvalue weighted by Crippen LogP contribution is 1.95. The molecule has 3 N–H and O–H groups in total. The van der Waals surface area contributed by atoms with E-state index >= 15 is 0 Å². The minimum absolute atomic E-state index is 0.321. The van der Waals surface area contributed by atoms with E-state index in [1.54, 1.807) is 6.92 Å². The SMILES string of the molecule is CC(CNCCc1ccc[nH]1)C(=O)O. The van der Waals surface area contributed by atoms with Crippen molar-refractivity contribution in [3.8, 4) is 0 Å². The van der Waals surface area contributed by atoms with Crippen molar-refractivity contribution in [2.24, 2.45) is 5.92 Å². The van der Waals surface area contributed by atoms with E-state index in [1.165, 1.54) is 5.69 Å². The third-order valence-corrected chi connectivity index (χ3v) is 2.11. The van der Waals surface area contributed by atoms with Crippen LogP contribution in [0.5, 0.6) is 0 Å². The third kappa shape index (κ3) is 3.62. The largest absolute Gasteiger partial charge is 0.481 e. The minimum atomic E-state index is -0.752. The molecule has 0 spiro atoms. The number of carboxylic acid groups (broad SMARTS) is 1. The van der Waals surface area contributed by atoms with Crippen LogP contribution in [0.2, 0.25) is 0 Å². The zero-order valence-electron chi connectivity index (χ0n) is 8.29. The Bertz CT molecular complexity index is 270. The Morgan fingerprint density at radius 1 is 1.71 bits per heavy atom. The first-order valence-corrected chi connectivity index (χ1v) is 4.76. The average molecular weight is 196 g/mol. The van der Waals surface area contributed by atoms with Gasteiger partial charge in [0.25, 0.3) is 0 Å². The van der Waals surface area contributed by atoms with Crippen LogP contribution >= 0.6 is 0 Å². The summed E-state index contributed by atoms with van der Waals surface area (Å²) in [6.07, 6.45) is 2.79. The maximum absolute atomic E-state index is 10.5. The van der Waals surface area contributed by atoms with Crippen molar-refractivity contribution in [3.63, 3.8) is 0 Å². The Hall–Kier alpha value is -1.29. The molecular weight excluding hydrogens is 180 g/mol. The van der Waals surface area contributed by atoms with Gasteiger partial charge in [-0.15, -0.1) is 0 Å². The monoisotopic (exact) mass is 196 g/mol. The van der Waals surface area contributed by atoms with Crippen LogP contribution in [0.4, 0.5) is 0 Å². The zero-order valence-corrected chi connectivity index (χ0v) is 8.29. The van der Waals surface area contributed by atoms with Crippen molar-refractivity contribution in [3.05, 3.63) is 24.0 Å². The summed E-state index contributed by atoms with van der Waals surface area (Å²) >= 11 is 0. The summed E-state index contributed by atoms with van der Waals surface area (Å²) in [6, 6.07) is 3.97. The predicted molar refractivity (Wildman–Crippen MR) is 54.2 cm³/mol. The van der Waals surface area contributed by atoms with Crippen LogP contribution in [0.15, 0.2) is 18.3 Å². The molecule has 0 aliphatic rings. The Labute approximate surface area is 83.3 Å². The fraction of sp³-hybridized carbons (Fsp3) is 0.500. The van der Waals surface area contributed by atoms with Crippen LogP contribution in [-0.2, 0) is 11.2 Å². The number of H-pyrrole nitrogens is 1. The molecule has 1 heterocycles. The molecule has 0 fully saturated rings. The molecule has 0 saturated heterocycles. The fourth-order valence-electron chi connectivity index (χ4n) is 1.15. The second-order valence-corrected chi connectivity index (χ2v) is 3.39. The summed E-state index contributed by atoms with van der Waals surface area (Å²) in [6.45, 7) is 3.03. The van der Waals surface area contributed by atoms with E-state index in [-0.39, 0.29) is 5.92 Å². The number of aromatic amines is 1. The number of carboxylic acids is 1. The van der Waals surface area contributed by atoms with Crippen LogP contribution in [0.1, 0.15) is 12.6 Å². The first kappa shape index (κ1) is 10.8. The summed E-state index contributed by atoms with van der Waals surface area (Å²) in [7, 11) is 0. The Kier molecular flexibility index (Phi) is 4.19. The lowest BCUT2D eigenvalue weighted by atomic mass is 10.2. The smallest absolute Gasteiger partial charge is 0.307 e. The van der Waals surface area contributed by atoms with Gasteiger partial charge in [-0.05, 0) is 18.6 Å². The highest BCUT2D eigenvalue weighted by atomic mass is 16.4. The standard InChI is InChI=1S/C10H16N2O2/c1-8(10(13)14)7-11-6-4-9-3-2-5-12-9/h2-3,5,8,11-12H,4,6-7H2,1H3,(H,13,14). The normalized spacial score (nSPS) is 12.6. The fourth-order valence-corrected chi connectivity index (χ4v) is 1.15. The Balaban J connectivity index is 2.08. The lowest BCUT2D eigenvalue weighted by Crippen LogP contribution is -2.27. The number of aliphatic carboxylic acids is 1. The van der Waals surface area contributed by atoms with Gasteiger partial charge in [0.05, 0.1) is 5.92 Å². The molecule has 0 radical (unpaired) electrons. The quantitative estimate of drug-likeness (QED) is 0.591. The topological polar surface area (TPSA) is 65.1 Å². The van der Waals surface area contributed by atoms with Gasteiger partial charge in [0, 0.05) is 25.0 Å². The van der Waals surface area contributed by atoms with Crippen molar-refractivity contribution in [2.45, 2.75) is 13.3 Å². The molecule has 0 aliphatic carbocycles. The van der Waals surface area contributed by atoms with Gasteiger partial charge in [0.1, 0.15) is 0 Å². The number of carbonyl (C=O) groups is 1. The maximum Gasteiger partial charge on any atom is 0.307 e. The van der Waals surface area contributed by atoms with Gasteiger partial charge < -0.3 is 15.4 Å². The molecule has 0 saturated carbocycles. The highest BCUT2D eigenvalue weighted by molar-refractivity contribution is 5.69. The van der Waals surface area contributed by atoms with E-state index in [0.717, 1.165) is 13.0 Å². The molecule has 0 aromatic carbocycles. The van der Waals surface area contributed by atoms with Crippen molar-refractivity contribution in [1.82, 2.24) is 10.3 Å². The lowest BCUT2D eigenvalue weighted by molar-refractivity contribution is -0.140. The van der Waals surface area contributed by atoms with E-state index in [1.807, 2.05) is 18.3 Å². The molecule has 0 bridgehead atoms. The maximum atomic E-state index is 10.5. The lowest BCUT2D eigenvalue weighted by Gasteiger charge is -2.07. The summed E-state index contributed by atoms with van der Waals surface area (Å²) < 4.78 is 0. The molecule has 78 valence electrons. The summed E-state index contributed by atoms with van der Waals surface area (Å²) in [5.74, 6) is -1.07. The summed E-state index contributed by atoms with van der Waals surface area (Å²) in [4.78, 5) is 13.6. The number of rotatable bonds is 6. The van der Waals surface area contributed by atoms with E-state index in [9.17, 15) is 4.79 Å². The van der Waals surface area contributed by atoms with Gasteiger partial charge in [-0.3, -0.25) is 4.79 Å².